The van der Waals surface area contributed by atoms with E-state index in [1.54, 1.807) is 12.3 Å². The number of nitrogens with zero attached hydrogens (tertiary/aromatic N) is 2. The molecule has 8 heteroatoms. The van der Waals surface area contributed by atoms with Crippen molar-refractivity contribution in [3.8, 4) is 0 Å². The average molecular weight is 483 g/mol. The van der Waals surface area contributed by atoms with Crippen LogP contribution in [-0.2, 0) is 9.53 Å². The fourth-order valence-corrected chi connectivity index (χ4v) is 5.29. The number of ether oxygens (including phenoxy) is 1. The van der Waals surface area contributed by atoms with Crippen LogP contribution >= 0.6 is 11.8 Å². The third kappa shape index (κ3) is 7.21. The minimum Gasteiger partial charge on any atom is -0.378 e. The van der Waals surface area contributed by atoms with Gasteiger partial charge < -0.3 is 20.3 Å². The normalized spacial score (nSPS) is 17.5. The molecule has 7 nitrogen and oxygen atoms in total. The fourth-order valence-electron chi connectivity index (χ4n) is 4.43. The molecular formula is C26H34N4O3S. The summed E-state index contributed by atoms with van der Waals surface area (Å²) in [7, 11) is 0. The lowest BCUT2D eigenvalue weighted by molar-refractivity contribution is -0.119. The van der Waals surface area contributed by atoms with E-state index in [9.17, 15) is 9.59 Å². The fraction of sp³-hybridized carbons (Fsp3) is 0.500. The van der Waals surface area contributed by atoms with Crippen LogP contribution in [0.15, 0.2) is 47.5 Å². The van der Waals surface area contributed by atoms with Crippen molar-refractivity contribution in [1.82, 2.24) is 10.3 Å². The van der Waals surface area contributed by atoms with Crippen LogP contribution in [-0.4, -0.2) is 54.9 Å². The predicted molar refractivity (Wildman–Crippen MR) is 137 cm³/mol. The standard InChI is InChI=1S/C26H34N4O3S/c31-25(28-20-8-4-2-1-3-5-9-20)19-34-23-11-7-6-10-22(23)26(32)29-21-12-13-24(27-18-21)30-14-16-33-17-15-30/h6-7,10-13,18,20H,1-5,8-9,14-17,19H2,(H,28,31)(H,29,32). The molecule has 2 aliphatic rings. The maximum Gasteiger partial charge on any atom is 0.256 e. The number of benzene rings is 1. The predicted octanol–water partition coefficient (Wildman–Crippen LogP) is 4.49. The van der Waals surface area contributed by atoms with E-state index in [0.29, 0.717) is 30.2 Å². The number of pyridine rings is 1. The van der Waals surface area contributed by atoms with Gasteiger partial charge in [0, 0.05) is 24.0 Å². The highest BCUT2D eigenvalue weighted by atomic mass is 32.2. The Morgan fingerprint density at radius 2 is 1.74 bits per heavy atom. The Morgan fingerprint density at radius 1 is 1.00 bits per heavy atom. The van der Waals surface area contributed by atoms with Gasteiger partial charge in [0.2, 0.25) is 5.91 Å². The summed E-state index contributed by atoms with van der Waals surface area (Å²) in [6, 6.07) is 11.5. The molecule has 34 heavy (non-hydrogen) atoms. The first-order valence-electron chi connectivity index (χ1n) is 12.3. The third-order valence-electron chi connectivity index (χ3n) is 6.30. The molecule has 2 amide bonds. The van der Waals surface area contributed by atoms with E-state index in [2.05, 4.69) is 20.5 Å². The Balaban J connectivity index is 1.31. The Bertz CT molecular complexity index is 939. The molecule has 2 heterocycles. The van der Waals surface area contributed by atoms with Gasteiger partial charge in [0.1, 0.15) is 5.82 Å². The monoisotopic (exact) mass is 482 g/mol. The molecule has 0 atom stereocenters. The summed E-state index contributed by atoms with van der Waals surface area (Å²) in [4.78, 5) is 33.0. The van der Waals surface area contributed by atoms with Crippen molar-refractivity contribution in [2.24, 2.45) is 0 Å². The molecule has 2 N–H and O–H groups in total. The van der Waals surface area contributed by atoms with Crippen molar-refractivity contribution in [2.75, 3.05) is 42.3 Å². The number of carbonyl (C=O) groups is 2. The number of nitrogens with one attached hydrogen (secondary N) is 2. The zero-order chi connectivity index (χ0) is 23.6. The number of aromatic nitrogens is 1. The van der Waals surface area contributed by atoms with Crippen LogP contribution < -0.4 is 15.5 Å². The maximum absolute atomic E-state index is 13.0. The van der Waals surface area contributed by atoms with Crippen LogP contribution in [0.2, 0.25) is 0 Å². The van der Waals surface area contributed by atoms with Crippen LogP contribution in [0.3, 0.4) is 0 Å². The van der Waals surface area contributed by atoms with Gasteiger partial charge in [-0.2, -0.15) is 0 Å². The van der Waals surface area contributed by atoms with Crippen molar-refractivity contribution in [1.29, 1.82) is 0 Å². The minimum absolute atomic E-state index is 0.0358. The molecule has 1 aromatic carbocycles. The molecule has 1 aliphatic heterocycles. The van der Waals surface area contributed by atoms with E-state index in [-0.39, 0.29) is 17.9 Å². The van der Waals surface area contributed by atoms with Gasteiger partial charge in [0.15, 0.2) is 0 Å². The number of rotatable bonds is 7. The average Bonchev–Trinajstić information content (AvgIpc) is 2.85. The second-order valence-electron chi connectivity index (χ2n) is 8.85. The number of morpholine rings is 1. The van der Waals surface area contributed by atoms with E-state index in [1.807, 2.05) is 30.3 Å². The Labute approximate surface area is 206 Å². The molecule has 4 rings (SSSR count). The lowest BCUT2D eigenvalue weighted by Gasteiger charge is -2.27. The van der Waals surface area contributed by atoms with E-state index in [1.165, 1.54) is 43.9 Å². The molecule has 2 aromatic rings. The first kappa shape index (κ1) is 24.5. The summed E-state index contributed by atoms with van der Waals surface area (Å²) in [5, 5.41) is 6.13. The van der Waals surface area contributed by atoms with Gasteiger partial charge in [-0.05, 0) is 37.1 Å². The lowest BCUT2D eigenvalue weighted by atomic mass is 9.97. The van der Waals surface area contributed by atoms with Crippen LogP contribution in [0.5, 0.6) is 0 Å². The van der Waals surface area contributed by atoms with Gasteiger partial charge in [-0.3, -0.25) is 9.59 Å². The second-order valence-corrected chi connectivity index (χ2v) is 9.87. The summed E-state index contributed by atoms with van der Waals surface area (Å²) in [6.07, 6.45) is 10.0. The first-order valence-corrected chi connectivity index (χ1v) is 13.3. The lowest BCUT2D eigenvalue weighted by Crippen LogP contribution is -2.36. The topological polar surface area (TPSA) is 83.6 Å². The van der Waals surface area contributed by atoms with Gasteiger partial charge >= 0.3 is 0 Å². The molecule has 0 unspecified atom stereocenters. The van der Waals surface area contributed by atoms with Gasteiger partial charge in [0.25, 0.3) is 5.91 Å². The Kier molecular flexibility index (Phi) is 9.21. The smallest absolute Gasteiger partial charge is 0.256 e. The van der Waals surface area contributed by atoms with Crippen LogP contribution in [0.1, 0.15) is 55.3 Å². The van der Waals surface area contributed by atoms with Crippen LogP contribution in [0.25, 0.3) is 0 Å². The van der Waals surface area contributed by atoms with Crippen molar-refractivity contribution in [3.05, 3.63) is 48.2 Å². The van der Waals surface area contributed by atoms with E-state index in [0.717, 1.165) is 36.6 Å². The molecule has 1 aromatic heterocycles. The zero-order valence-electron chi connectivity index (χ0n) is 19.6. The number of carbonyl (C=O) groups excluding carboxylic acids is 2. The zero-order valence-corrected chi connectivity index (χ0v) is 20.4. The summed E-state index contributed by atoms with van der Waals surface area (Å²) in [5.74, 6) is 1.02. The second kappa shape index (κ2) is 12.8. The minimum atomic E-state index is -0.204. The summed E-state index contributed by atoms with van der Waals surface area (Å²) >= 11 is 1.41. The van der Waals surface area contributed by atoms with E-state index >= 15 is 0 Å². The number of thioether (sulfide) groups is 1. The molecule has 0 bridgehead atoms. The number of anilines is 2. The Morgan fingerprint density at radius 3 is 2.47 bits per heavy atom. The van der Waals surface area contributed by atoms with E-state index < -0.39 is 0 Å². The molecule has 1 saturated heterocycles. The summed E-state index contributed by atoms with van der Waals surface area (Å²) in [5.41, 5.74) is 1.20. The molecule has 1 saturated carbocycles. The molecule has 1 aliphatic carbocycles. The van der Waals surface area contributed by atoms with Crippen molar-refractivity contribution >= 4 is 35.1 Å². The maximum atomic E-state index is 13.0. The molecule has 0 spiro atoms. The number of hydrogen-bond acceptors (Lipinski definition) is 6. The quantitative estimate of drug-likeness (QED) is 0.566. The first-order chi connectivity index (χ1) is 16.7. The molecule has 0 radical (unpaired) electrons. The highest BCUT2D eigenvalue weighted by Gasteiger charge is 2.17. The molecule has 2 fully saturated rings. The van der Waals surface area contributed by atoms with Crippen molar-refractivity contribution < 1.29 is 14.3 Å². The van der Waals surface area contributed by atoms with Crippen LogP contribution in [0.4, 0.5) is 11.5 Å². The van der Waals surface area contributed by atoms with Gasteiger partial charge in [-0.25, -0.2) is 4.98 Å². The Hall–Kier alpha value is -2.58. The molecular weight excluding hydrogens is 448 g/mol. The van der Waals surface area contributed by atoms with Gasteiger partial charge in [-0.1, -0.05) is 44.2 Å². The van der Waals surface area contributed by atoms with Gasteiger partial charge in [0.05, 0.1) is 36.4 Å². The van der Waals surface area contributed by atoms with Crippen LogP contribution in [0, 0.1) is 0 Å². The summed E-state index contributed by atoms with van der Waals surface area (Å²) in [6.45, 7) is 3.04. The summed E-state index contributed by atoms with van der Waals surface area (Å²) < 4.78 is 5.39. The highest BCUT2D eigenvalue weighted by Crippen LogP contribution is 2.24. The van der Waals surface area contributed by atoms with Crippen molar-refractivity contribution in [3.63, 3.8) is 0 Å². The third-order valence-corrected chi connectivity index (χ3v) is 7.38. The molecule has 182 valence electrons. The number of amides is 2. The van der Waals surface area contributed by atoms with Crippen molar-refractivity contribution in [2.45, 2.75) is 55.9 Å². The number of hydrogen-bond donors (Lipinski definition) is 2. The SMILES string of the molecule is O=C(CSc1ccccc1C(=O)Nc1ccc(N2CCOCC2)nc1)NC1CCCCCCC1. The van der Waals surface area contributed by atoms with E-state index in [4.69, 9.17) is 4.74 Å². The highest BCUT2D eigenvalue weighted by molar-refractivity contribution is 8.00. The van der Waals surface area contributed by atoms with Gasteiger partial charge in [-0.15, -0.1) is 11.8 Å². The largest absolute Gasteiger partial charge is 0.378 e.